The summed E-state index contributed by atoms with van der Waals surface area (Å²) in [6.07, 6.45) is -4.64. The lowest BCUT2D eigenvalue weighted by Crippen LogP contribution is -2.14. The fourth-order valence-electron chi connectivity index (χ4n) is 2.70. The molecular weight excluding hydrogens is 407 g/mol. The number of hydrogen-bond acceptors (Lipinski definition) is 5. The fourth-order valence-corrected chi connectivity index (χ4v) is 2.83. The van der Waals surface area contributed by atoms with Crippen molar-refractivity contribution in [1.82, 2.24) is 19.6 Å². The van der Waals surface area contributed by atoms with Crippen LogP contribution >= 0.6 is 11.6 Å². The number of benzene rings is 2. The van der Waals surface area contributed by atoms with Crippen molar-refractivity contribution in [2.45, 2.75) is 12.8 Å². The zero-order valence-corrected chi connectivity index (χ0v) is 15.4. The van der Waals surface area contributed by atoms with Crippen LogP contribution in [0.25, 0.3) is 17.0 Å². The van der Waals surface area contributed by atoms with Gasteiger partial charge in [0, 0.05) is 10.6 Å². The zero-order chi connectivity index (χ0) is 20.6. The predicted molar refractivity (Wildman–Crippen MR) is 101 cm³/mol. The fraction of sp³-hybridized carbons (Fsp3) is 0.105. The summed E-state index contributed by atoms with van der Waals surface area (Å²) in [7, 11) is 0. The van der Waals surface area contributed by atoms with E-state index in [1.54, 1.807) is 36.4 Å². The molecule has 0 atom stereocenters. The molecule has 0 bridgehead atoms. The highest BCUT2D eigenvalue weighted by atomic mass is 35.5. The number of nitrogens with two attached hydrogens (primary N) is 1. The maximum Gasteiger partial charge on any atom is 0.433 e. The standard InChI is InChI=1S/C19H13ClF3N5O/c20-13-5-1-11(2-6-13)10-29-14-7-3-12(4-8-14)15-9-16(19(21,22)23)28-18(25-15)26-17(24)27-28/h1-9H,10H2,(H2,24,27). The smallest absolute Gasteiger partial charge is 0.433 e. The molecule has 0 saturated carbocycles. The van der Waals surface area contributed by atoms with E-state index in [9.17, 15) is 13.2 Å². The summed E-state index contributed by atoms with van der Waals surface area (Å²) < 4.78 is 46.4. The van der Waals surface area contributed by atoms with Crippen molar-refractivity contribution in [3.8, 4) is 17.0 Å². The van der Waals surface area contributed by atoms with Gasteiger partial charge in [0.1, 0.15) is 12.4 Å². The average molecular weight is 420 g/mol. The number of rotatable bonds is 4. The first-order valence-corrected chi connectivity index (χ1v) is 8.75. The van der Waals surface area contributed by atoms with E-state index in [4.69, 9.17) is 22.1 Å². The number of fused-ring (bicyclic) bond motifs is 1. The lowest BCUT2D eigenvalue weighted by atomic mass is 10.1. The van der Waals surface area contributed by atoms with Gasteiger partial charge in [0.05, 0.1) is 5.69 Å². The van der Waals surface area contributed by atoms with Crippen LogP contribution in [0.2, 0.25) is 5.02 Å². The molecule has 2 aromatic carbocycles. The molecule has 2 aromatic heterocycles. The van der Waals surface area contributed by atoms with E-state index in [-0.39, 0.29) is 17.4 Å². The van der Waals surface area contributed by atoms with Crippen molar-refractivity contribution in [2.24, 2.45) is 0 Å². The number of ether oxygens (including phenoxy) is 1. The Labute approximate surface area is 167 Å². The van der Waals surface area contributed by atoms with Crippen LogP contribution in [0, 0.1) is 0 Å². The second-order valence-corrected chi connectivity index (χ2v) is 6.58. The number of nitrogen functional groups attached to an aromatic ring is 1. The van der Waals surface area contributed by atoms with Gasteiger partial charge < -0.3 is 10.5 Å². The van der Waals surface area contributed by atoms with Crippen LogP contribution in [-0.4, -0.2) is 19.6 Å². The Morgan fingerprint density at radius 2 is 1.69 bits per heavy atom. The molecular formula is C19H13ClF3N5O. The van der Waals surface area contributed by atoms with E-state index in [0.717, 1.165) is 11.6 Å². The van der Waals surface area contributed by atoms with E-state index in [0.29, 0.717) is 27.5 Å². The Morgan fingerprint density at radius 1 is 1.00 bits per heavy atom. The van der Waals surface area contributed by atoms with Crippen LogP contribution in [0.4, 0.5) is 19.1 Å². The number of alkyl halides is 3. The third kappa shape index (κ3) is 4.09. The molecule has 0 radical (unpaired) electrons. The van der Waals surface area contributed by atoms with Crippen LogP contribution in [0.3, 0.4) is 0 Å². The van der Waals surface area contributed by atoms with Crippen molar-refractivity contribution in [3.63, 3.8) is 0 Å². The summed E-state index contributed by atoms with van der Waals surface area (Å²) in [5.41, 5.74) is 5.92. The maximum absolute atomic E-state index is 13.4. The average Bonchev–Trinajstić information content (AvgIpc) is 3.06. The van der Waals surface area contributed by atoms with Gasteiger partial charge >= 0.3 is 6.18 Å². The van der Waals surface area contributed by atoms with Gasteiger partial charge in [-0.15, -0.1) is 5.10 Å². The molecule has 0 aliphatic carbocycles. The molecule has 148 valence electrons. The molecule has 2 N–H and O–H groups in total. The topological polar surface area (TPSA) is 78.3 Å². The van der Waals surface area contributed by atoms with Gasteiger partial charge in [-0.3, -0.25) is 0 Å². The van der Waals surface area contributed by atoms with Crippen LogP contribution in [0.1, 0.15) is 11.3 Å². The van der Waals surface area contributed by atoms with E-state index in [1.807, 2.05) is 12.1 Å². The molecule has 0 aliphatic rings. The minimum Gasteiger partial charge on any atom is -0.489 e. The number of anilines is 1. The van der Waals surface area contributed by atoms with Gasteiger partial charge in [0.15, 0.2) is 5.69 Å². The van der Waals surface area contributed by atoms with Crippen LogP contribution in [0.15, 0.2) is 54.6 Å². The number of nitrogens with zero attached hydrogens (tertiary/aromatic N) is 4. The number of hydrogen-bond donors (Lipinski definition) is 1. The second-order valence-electron chi connectivity index (χ2n) is 6.15. The number of aromatic nitrogens is 4. The Balaban J connectivity index is 1.60. The van der Waals surface area contributed by atoms with E-state index >= 15 is 0 Å². The molecule has 0 fully saturated rings. The molecule has 0 amide bonds. The summed E-state index contributed by atoms with van der Waals surface area (Å²) >= 11 is 5.85. The summed E-state index contributed by atoms with van der Waals surface area (Å²) in [5, 5.41) is 4.19. The third-order valence-electron chi connectivity index (χ3n) is 4.09. The first-order chi connectivity index (χ1) is 13.8. The molecule has 10 heteroatoms. The summed E-state index contributed by atoms with van der Waals surface area (Å²) in [6, 6.07) is 14.7. The molecule has 4 rings (SSSR count). The lowest BCUT2D eigenvalue weighted by Gasteiger charge is -2.11. The first kappa shape index (κ1) is 19.0. The van der Waals surface area contributed by atoms with Gasteiger partial charge in [-0.1, -0.05) is 23.7 Å². The zero-order valence-electron chi connectivity index (χ0n) is 14.7. The normalized spacial score (nSPS) is 11.7. The minimum atomic E-state index is -4.64. The highest BCUT2D eigenvalue weighted by molar-refractivity contribution is 6.30. The quantitative estimate of drug-likeness (QED) is 0.522. The maximum atomic E-state index is 13.4. The van der Waals surface area contributed by atoms with E-state index in [1.165, 1.54) is 0 Å². The predicted octanol–water partition coefficient (Wildman–Crippen LogP) is 4.62. The van der Waals surface area contributed by atoms with Gasteiger partial charge in [-0.25, -0.2) is 4.98 Å². The minimum absolute atomic E-state index is 0.0986. The second kappa shape index (κ2) is 7.25. The van der Waals surface area contributed by atoms with Gasteiger partial charge in [-0.2, -0.15) is 22.7 Å². The van der Waals surface area contributed by atoms with Crippen molar-refractivity contribution >= 4 is 23.3 Å². The monoisotopic (exact) mass is 419 g/mol. The number of halogens is 4. The summed E-state index contributed by atoms with van der Waals surface area (Å²) in [6.45, 7) is 0.331. The summed E-state index contributed by atoms with van der Waals surface area (Å²) in [4.78, 5) is 7.87. The third-order valence-corrected chi connectivity index (χ3v) is 4.34. The summed E-state index contributed by atoms with van der Waals surface area (Å²) in [5.74, 6) is 0.0500. The molecule has 0 spiro atoms. The molecule has 4 aromatic rings. The van der Waals surface area contributed by atoms with Gasteiger partial charge in [0.2, 0.25) is 5.95 Å². The Hall–Kier alpha value is -3.33. The molecule has 0 aliphatic heterocycles. The van der Waals surface area contributed by atoms with E-state index < -0.39 is 11.9 Å². The van der Waals surface area contributed by atoms with Crippen molar-refractivity contribution < 1.29 is 17.9 Å². The Kier molecular flexibility index (Phi) is 4.75. The van der Waals surface area contributed by atoms with Crippen molar-refractivity contribution in [2.75, 3.05) is 5.73 Å². The van der Waals surface area contributed by atoms with Crippen LogP contribution in [-0.2, 0) is 12.8 Å². The Morgan fingerprint density at radius 3 is 2.34 bits per heavy atom. The van der Waals surface area contributed by atoms with E-state index in [2.05, 4.69) is 15.1 Å². The van der Waals surface area contributed by atoms with Crippen LogP contribution < -0.4 is 10.5 Å². The van der Waals surface area contributed by atoms with Gasteiger partial charge in [-0.05, 0) is 48.0 Å². The first-order valence-electron chi connectivity index (χ1n) is 8.38. The molecule has 2 heterocycles. The molecule has 0 saturated heterocycles. The van der Waals surface area contributed by atoms with Gasteiger partial charge in [0.25, 0.3) is 5.78 Å². The molecule has 0 unspecified atom stereocenters. The molecule has 6 nitrogen and oxygen atoms in total. The van der Waals surface area contributed by atoms with Crippen molar-refractivity contribution in [1.29, 1.82) is 0 Å². The SMILES string of the molecule is Nc1nc2nc(-c3ccc(OCc4ccc(Cl)cc4)cc3)cc(C(F)(F)F)n2n1. The van der Waals surface area contributed by atoms with Crippen molar-refractivity contribution in [3.05, 3.63) is 70.9 Å². The Bertz CT molecular complexity index is 1160. The highest BCUT2D eigenvalue weighted by Gasteiger charge is 2.35. The molecule has 29 heavy (non-hydrogen) atoms. The highest BCUT2D eigenvalue weighted by Crippen LogP contribution is 2.32. The van der Waals surface area contributed by atoms with Crippen LogP contribution in [0.5, 0.6) is 5.75 Å². The lowest BCUT2D eigenvalue weighted by molar-refractivity contribution is -0.142. The largest absolute Gasteiger partial charge is 0.489 e.